The number of sulfone groups is 1. The maximum absolute atomic E-state index is 10.8. The molecule has 0 unspecified atom stereocenters. The molecule has 0 spiro atoms. The van der Waals surface area contributed by atoms with Gasteiger partial charge in [0.1, 0.15) is 0 Å². The van der Waals surface area contributed by atoms with Crippen molar-refractivity contribution in [2.24, 2.45) is 0 Å². The summed E-state index contributed by atoms with van der Waals surface area (Å²) < 4.78 is 22.6. The highest BCUT2D eigenvalue weighted by molar-refractivity contribution is 9.10. The third kappa shape index (κ3) is 2.92. The zero-order chi connectivity index (χ0) is 8.48. The van der Waals surface area contributed by atoms with Gasteiger partial charge in [0.05, 0.1) is 5.75 Å². The van der Waals surface area contributed by atoms with E-state index in [0.717, 1.165) is 9.35 Å². The normalized spacial score (nSPS) is 11.8. The number of hydrogen-bond donors (Lipinski definition) is 0. The van der Waals surface area contributed by atoms with Crippen LogP contribution in [0.1, 0.15) is 4.88 Å². The second kappa shape index (κ2) is 3.25. The maximum atomic E-state index is 10.8. The Morgan fingerprint density at radius 3 is 2.64 bits per heavy atom. The van der Waals surface area contributed by atoms with Crippen LogP contribution >= 0.6 is 27.3 Å². The first kappa shape index (κ1) is 9.22. The molecule has 1 aromatic rings. The SMILES string of the molecule is CS(=O)(=O)Cc1sccc1Br. The van der Waals surface area contributed by atoms with E-state index in [1.807, 2.05) is 11.4 Å². The summed E-state index contributed by atoms with van der Waals surface area (Å²) in [5.74, 6) is 0.130. The van der Waals surface area contributed by atoms with E-state index >= 15 is 0 Å². The van der Waals surface area contributed by atoms with E-state index in [2.05, 4.69) is 15.9 Å². The minimum atomic E-state index is -2.89. The van der Waals surface area contributed by atoms with Crippen molar-refractivity contribution in [2.45, 2.75) is 5.75 Å². The summed E-state index contributed by atoms with van der Waals surface area (Å²) in [6.45, 7) is 0. The average Bonchev–Trinajstić information content (AvgIpc) is 2.12. The zero-order valence-corrected chi connectivity index (χ0v) is 9.09. The first-order valence-electron chi connectivity index (χ1n) is 2.88. The van der Waals surface area contributed by atoms with Gasteiger partial charge < -0.3 is 0 Å². The topological polar surface area (TPSA) is 34.1 Å². The Labute approximate surface area is 78.3 Å². The van der Waals surface area contributed by atoms with Gasteiger partial charge in [-0.15, -0.1) is 11.3 Å². The van der Waals surface area contributed by atoms with Gasteiger partial charge in [-0.1, -0.05) is 0 Å². The van der Waals surface area contributed by atoms with E-state index in [9.17, 15) is 8.42 Å². The quantitative estimate of drug-likeness (QED) is 0.810. The van der Waals surface area contributed by atoms with Crippen molar-refractivity contribution < 1.29 is 8.42 Å². The lowest BCUT2D eigenvalue weighted by Gasteiger charge is -1.94. The van der Waals surface area contributed by atoms with Gasteiger partial charge in [0.15, 0.2) is 9.84 Å². The van der Waals surface area contributed by atoms with Crippen LogP contribution in [0.2, 0.25) is 0 Å². The molecule has 0 atom stereocenters. The van der Waals surface area contributed by atoms with Gasteiger partial charge in [0, 0.05) is 15.6 Å². The van der Waals surface area contributed by atoms with Gasteiger partial charge in [0.2, 0.25) is 0 Å². The Balaban J connectivity index is 2.89. The Morgan fingerprint density at radius 2 is 2.27 bits per heavy atom. The summed E-state index contributed by atoms with van der Waals surface area (Å²) in [6, 6.07) is 1.85. The molecule has 2 nitrogen and oxygen atoms in total. The molecule has 0 aromatic carbocycles. The molecule has 0 N–H and O–H groups in total. The smallest absolute Gasteiger partial charge is 0.152 e. The fourth-order valence-corrected chi connectivity index (χ4v) is 3.67. The number of thiophene rings is 1. The first-order chi connectivity index (χ1) is 4.99. The van der Waals surface area contributed by atoms with E-state index in [4.69, 9.17) is 0 Å². The standard InChI is InChI=1S/C6H7BrO2S2/c1-11(8,9)4-6-5(7)2-3-10-6/h2-3H,4H2,1H3. The molecule has 0 amide bonds. The van der Waals surface area contributed by atoms with E-state index in [0.29, 0.717) is 0 Å². The van der Waals surface area contributed by atoms with Gasteiger partial charge in [-0.3, -0.25) is 0 Å². The predicted molar refractivity (Wildman–Crippen MR) is 50.6 cm³/mol. The molecule has 0 saturated carbocycles. The zero-order valence-electron chi connectivity index (χ0n) is 5.87. The molecule has 5 heteroatoms. The second-order valence-corrected chi connectivity index (χ2v) is 6.26. The first-order valence-corrected chi connectivity index (χ1v) is 6.62. The van der Waals surface area contributed by atoms with Crippen LogP contribution in [-0.4, -0.2) is 14.7 Å². The molecule has 11 heavy (non-hydrogen) atoms. The van der Waals surface area contributed by atoms with Crippen molar-refractivity contribution in [1.82, 2.24) is 0 Å². The molecule has 0 saturated heterocycles. The molecule has 0 aliphatic heterocycles. The third-order valence-corrected chi connectivity index (χ3v) is 4.01. The fourth-order valence-electron chi connectivity index (χ4n) is 0.666. The van der Waals surface area contributed by atoms with Gasteiger partial charge in [0.25, 0.3) is 0 Å². The van der Waals surface area contributed by atoms with E-state index in [1.54, 1.807) is 0 Å². The van der Waals surface area contributed by atoms with Crippen LogP contribution in [0.3, 0.4) is 0 Å². The molecule has 62 valence electrons. The van der Waals surface area contributed by atoms with Crippen molar-refractivity contribution in [2.75, 3.05) is 6.26 Å². The van der Waals surface area contributed by atoms with E-state index in [1.165, 1.54) is 17.6 Å². The van der Waals surface area contributed by atoms with Crippen LogP contribution in [0.4, 0.5) is 0 Å². The highest BCUT2D eigenvalue weighted by Gasteiger charge is 2.08. The molecular weight excluding hydrogens is 248 g/mol. The van der Waals surface area contributed by atoms with Crippen LogP contribution in [0.25, 0.3) is 0 Å². The van der Waals surface area contributed by atoms with E-state index in [-0.39, 0.29) is 5.75 Å². The molecule has 1 heterocycles. The molecule has 0 aliphatic carbocycles. The Hall–Kier alpha value is 0.130. The monoisotopic (exact) mass is 254 g/mol. The fraction of sp³-hybridized carbons (Fsp3) is 0.333. The lowest BCUT2D eigenvalue weighted by molar-refractivity contribution is 0.601. The Bertz CT molecular complexity index is 339. The van der Waals surface area contributed by atoms with Crippen molar-refractivity contribution in [3.05, 3.63) is 20.8 Å². The van der Waals surface area contributed by atoms with Crippen LogP contribution in [-0.2, 0) is 15.6 Å². The van der Waals surface area contributed by atoms with Crippen LogP contribution in [0, 0.1) is 0 Å². The third-order valence-electron chi connectivity index (χ3n) is 1.08. The molecular formula is C6H7BrO2S2. The highest BCUT2D eigenvalue weighted by Crippen LogP contribution is 2.24. The summed E-state index contributed by atoms with van der Waals surface area (Å²) in [6.07, 6.45) is 1.24. The Morgan fingerprint density at radius 1 is 1.64 bits per heavy atom. The lowest BCUT2D eigenvalue weighted by atomic mass is 10.5. The Kier molecular flexibility index (Phi) is 2.72. The van der Waals surface area contributed by atoms with Crippen LogP contribution in [0.5, 0.6) is 0 Å². The van der Waals surface area contributed by atoms with Gasteiger partial charge >= 0.3 is 0 Å². The van der Waals surface area contributed by atoms with Crippen molar-refractivity contribution in [3.63, 3.8) is 0 Å². The second-order valence-electron chi connectivity index (χ2n) is 2.26. The number of halogens is 1. The van der Waals surface area contributed by atoms with Gasteiger partial charge in [-0.2, -0.15) is 0 Å². The van der Waals surface area contributed by atoms with Crippen LogP contribution < -0.4 is 0 Å². The van der Waals surface area contributed by atoms with Crippen LogP contribution in [0.15, 0.2) is 15.9 Å². The highest BCUT2D eigenvalue weighted by atomic mass is 79.9. The molecule has 1 rings (SSSR count). The molecule has 0 aliphatic rings. The molecule has 0 radical (unpaired) electrons. The van der Waals surface area contributed by atoms with Crippen molar-refractivity contribution >= 4 is 37.1 Å². The molecule has 0 bridgehead atoms. The lowest BCUT2D eigenvalue weighted by Crippen LogP contribution is -1.98. The minimum Gasteiger partial charge on any atom is -0.229 e. The maximum Gasteiger partial charge on any atom is 0.152 e. The summed E-state index contributed by atoms with van der Waals surface area (Å²) in [7, 11) is -2.89. The van der Waals surface area contributed by atoms with Crippen molar-refractivity contribution in [3.8, 4) is 0 Å². The van der Waals surface area contributed by atoms with Gasteiger partial charge in [-0.25, -0.2) is 8.42 Å². The van der Waals surface area contributed by atoms with Gasteiger partial charge in [-0.05, 0) is 27.4 Å². The molecule has 0 fully saturated rings. The summed E-state index contributed by atoms with van der Waals surface area (Å²) >= 11 is 4.72. The van der Waals surface area contributed by atoms with Crippen molar-refractivity contribution in [1.29, 1.82) is 0 Å². The minimum absolute atomic E-state index is 0.130. The summed E-state index contributed by atoms with van der Waals surface area (Å²) in [5.41, 5.74) is 0. The summed E-state index contributed by atoms with van der Waals surface area (Å²) in [4.78, 5) is 0.868. The summed E-state index contributed by atoms with van der Waals surface area (Å²) in [5, 5.41) is 1.87. The largest absolute Gasteiger partial charge is 0.229 e. The molecule has 1 aromatic heterocycles. The number of hydrogen-bond acceptors (Lipinski definition) is 3. The van der Waals surface area contributed by atoms with E-state index < -0.39 is 9.84 Å². The predicted octanol–water partition coefficient (Wildman–Crippen LogP) is 2.06. The average molecular weight is 255 g/mol. The number of rotatable bonds is 2.